The highest BCUT2D eigenvalue weighted by atomic mass is 16.5. The number of aryl methyl sites for hydroxylation is 1. The minimum atomic E-state index is 0.652. The number of hydrogen-bond acceptors (Lipinski definition) is 4. The molecule has 1 saturated heterocycles. The second-order valence-electron chi connectivity index (χ2n) is 5.82. The lowest BCUT2D eigenvalue weighted by atomic mass is 10.1. The summed E-state index contributed by atoms with van der Waals surface area (Å²) in [6.07, 6.45) is 9.21. The Bertz CT molecular complexity index is 609. The summed E-state index contributed by atoms with van der Waals surface area (Å²) >= 11 is 0. The molecule has 0 bridgehead atoms. The third-order valence-corrected chi connectivity index (χ3v) is 4.21. The van der Waals surface area contributed by atoms with Crippen LogP contribution in [0, 0.1) is 0 Å². The molecule has 0 radical (unpaired) electrons. The molecule has 0 saturated carbocycles. The lowest BCUT2D eigenvalue weighted by molar-refractivity contribution is 0.410. The van der Waals surface area contributed by atoms with Crippen LogP contribution in [0.15, 0.2) is 36.7 Å². The number of nitrogens with zero attached hydrogens (tertiary/aromatic N) is 2. The first-order valence-electron chi connectivity index (χ1n) is 8.00. The largest absolute Gasteiger partial charge is 0.496 e. The molecule has 0 unspecified atom stereocenters. The Morgan fingerprint density at radius 2 is 2.09 bits per heavy atom. The summed E-state index contributed by atoms with van der Waals surface area (Å²) in [5.74, 6) is 0.907. The number of benzene rings is 1. The van der Waals surface area contributed by atoms with Crippen LogP contribution in [0.25, 0.3) is 0 Å². The molecule has 116 valence electrons. The summed E-state index contributed by atoms with van der Waals surface area (Å²) in [5, 5.41) is 3.53. The van der Waals surface area contributed by atoms with E-state index in [1.807, 2.05) is 30.6 Å². The van der Waals surface area contributed by atoms with E-state index in [1.54, 1.807) is 7.11 Å². The van der Waals surface area contributed by atoms with Crippen molar-refractivity contribution in [1.82, 2.24) is 15.3 Å². The predicted octanol–water partition coefficient (Wildman–Crippen LogP) is 2.76. The van der Waals surface area contributed by atoms with Gasteiger partial charge in [0.2, 0.25) is 0 Å². The number of rotatable bonds is 6. The molecular weight excluding hydrogens is 274 g/mol. The topological polar surface area (TPSA) is 47.0 Å². The summed E-state index contributed by atoms with van der Waals surface area (Å²) in [6.45, 7) is 1.16. The summed E-state index contributed by atoms with van der Waals surface area (Å²) in [7, 11) is 1.70. The lowest BCUT2D eigenvalue weighted by Crippen LogP contribution is -2.21. The molecule has 1 aromatic carbocycles. The lowest BCUT2D eigenvalue weighted by Gasteiger charge is -2.10. The molecule has 4 nitrogen and oxygen atoms in total. The second kappa shape index (κ2) is 7.36. The van der Waals surface area contributed by atoms with Crippen molar-refractivity contribution in [3.8, 4) is 5.75 Å². The van der Waals surface area contributed by atoms with E-state index in [2.05, 4.69) is 16.4 Å². The summed E-state index contributed by atoms with van der Waals surface area (Å²) < 4.78 is 5.41. The number of methoxy groups -OCH3 is 1. The van der Waals surface area contributed by atoms with Crippen LogP contribution in [0.1, 0.15) is 36.2 Å². The Balaban J connectivity index is 1.65. The Morgan fingerprint density at radius 1 is 1.23 bits per heavy atom. The molecule has 1 N–H and O–H groups in total. The van der Waals surface area contributed by atoms with E-state index in [0.717, 1.165) is 48.5 Å². The van der Waals surface area contributed by atoms with Gasteiger partial charge in [0.1, 0.15) is 5.75 Å². The van der Waals surface area contributed by atoms with Crippen molar-refractivity contribution in [2.45, 2.75) is 38.1 Å². The van der Waals surface area contributed by atoms with Crippen molar-refractivity contribution in [1.29, 1.82) is 0 Å². The highest BCUT2D eigenvalue weighted by Gasteiger charge is 2.14. The molecule has 22 heavy (non-hydrogen) atoms. The van der Waals surface area contributed by atoms with Gasteiger partial charge in [0.15, 0.2) is 0 Å². The second-order valence-corrected chi connectivity index (χ2v) is 5.82. The smallest absolute Gasteiger partial charge is 0.122 e. The van der Waals surface area contributed by atoms with E-state index in [1.165, 1.54) is 12.8 Å². The van der Waals surface area contributed by atoms with Crippen molar-refractivity contribution < 1.29 is 4.74 Å². The monoisotopic (exact) mass is 297 g/mol. The van der Waals surface area contributed by atoms with Crippen LogP contribution in [-0.4, -0.2) is 29.7 Å². The summed E-state index contributed by atoms with van der Waals surface area (Å²) in [6, 6.07) is 8.73. The molecule has 0 spiro atoms. The third-order valence-electron chi connectivity index (χ3n) is 4.21. The fourth-order valence-corrected chi connectivity index (χ4v) is 3.03. The highest BCUT2D eigenvalue weighted by Crippen LogP contribution is 2.20. The summed E-state index contributed by atoms with van der Waals surface area (Å²) in [4.78, 5) is 9.12. The molecule has 1 aliphatic heterocycles. The van der Waals surface area contributed by atoms with Crippen LogP contribution in [0.4, 0.5) is 0 Å². The van der Waals surface area contributed by atoms with E-state index < -0.39 is 0 Å². The molecule has 1 aromatic heterocycles. The first kappa shape index (κ1) is 15.0. The Morgan fingerprint density at radius 3 is 2.91 bits per heavy atom. The van der Waals surface area contributed by atoms with Gasteiger partial charge in [-0.2, -0.15) is 0 Å². The van der Waals surface area contributed by atoms with Gasteiger partial charge in [-0.05, 0) is 38.3 Å². The average Bonchev–Trinajstić information content (AvgIpc) is 3.07. The molecule has 4 heteroatoms. The SMILES string of the molecule is COc1ccccc1Cc1cncc(CC[C@@H]2CCCN2)n1. The fourth-order valence-electron chi connectivity index (χ4n) is 3.03. The van der Waals surface area contributed by atoms with Gasteiger partial charge in [0.25, 0.3) is 0 Å². The number of ether oxygens (including phenoxy) is 1. The minimum Gasteiger partial charge on any atom is -0.496 e. The van der Waals surface area contributed by atoms with Crippen LogP contribution in [0.2, 0.25) is 0 Å². The van der Waals surface area contributed by atoms with Crippen molar-refractivity contribution >= 4 is 0 Å². The molecule has 1 atom stereocenters. The van der Waals surface area contributed by atoms with E-state index in [-0.39, 0.29) is 0 Å². The molecule has 1 fully saturated rings. The van der Waals surface area contributed by atoms with Gasteiger partial charge in [-0.15, -0.1) is 0 Å². The number of nitrogens with one attached hydrogen (secondary N) is 1. The van der Waals surface area contributed by atoms with Gasteiger partial charge >= 0.3 is 0 Å². The van der Waals surface area contributed by atoms with Gasteiger partial charge in [-0.25, -0.2) is 0 Å². The predicted molar refractivity (Wildman–Crippen MR) is 87.2 cm³/mol. The van der Waals surface area contributed by atoms with Gasteiger partial charge in [0, 0.05) is 30.4 Å². The molecule has 2 aromatic rings. The maximum Gasteiger partial charge on any atom is 0.122 e. The molecule has 0 aliphatic carbocycles. The molecular formula is C18H23N3O. The van der Waals surface area contributed by atoms with Gasteiger partial charge in [-0.1, -0.05) is 18.2 Å². The zero-order valence-electron chi connectivity index (χ0n) is 13.1. The van der Waals surface area contributed by atoms with E-state index in [0.29, 0.717) is 6.04 Å². The molecule has 3 rings (SSSR count). The molecule has 2 heterocycles. The van der Waals surface area contributed by atoms with Crippen molar-refractivity contribution in [3.63, 3.8) is 0 Å². The fraction of sp³-hybridized carbons (Fsp3) is 0.444. The van der Waals surface area contributed by atoms with Crippen LogP contribution in [0.5, 0.6) is 5.75 Å². The zero-order valence-corrected chi connectivity index (χ0v) is 13.1. The normalized spacial score (nSPS) is 17.6. The quantitative estimate of drug-likeness (QED) is 0.890. The first-order chi connectivity index (χ1) is 10.8. The maximum atomic E-state index is 5.41. The van der Waals surface area contributed by atoms with Gasteiger partial charge < -0.3 is 10.1 Å². The van der Waals surface area contributed by atoms with E-state index in [9.17, 15) is 0 Å². The average molecular weight is 297 g/mol. The van der Waals surface area contributed by atoms with E-state index >= 15 is 0 Å². The third kappa shape index (κ3) is 3.83. The van der Waals surface area contributed by atoms with Gasteiger partial charge in [0.05, 0.1) is 18.5 Å². The van der Waals surface area contributed by atoms with Crippen LogP contribution >= 0.6 is 0 Å². The van der Waals surface area contributed by atoms with Crippen LogP contribution in [0.3, 0.4) is 0 Å². The highest BCUT2D eigenvalue weighted by molar-refractivity contribution is 5.35. The zero-order chi connectivity index (χ0) is 15.2. The standard InChI is InChI=1S/C18H23N3O/c1-22-18-7-3-2-5-14(18)11-17-13-19-12-16(21-17)9-8-15-6-4-10-20-15/h2-3,5,7,12-13,15,20H,4,6,8-11H2,1H3/t15-/m0/s1. The van der Waals surface area contributed by atoms with Gasteiger partial charge in [-0.3, -0.25) is 9.97 Å². The number of aromatic nitrogens is 2. The van der Waals surface area contributed by atoms with Crippen LogP contribution < -0.4 is 10.1 Å². The number of hydrogen-bond donors (Lipinski definition) is 1. The molecule has 0 amide bonds. The van der Waals surface area contributed by atoms with Crippen LogP contribution in [-0.2, 0) is 12.8 Å². The Hall–Kier alpha value is -1.94. The first-order valence-corrected chi connectivity index (χ1v) is 8.00. The van der Waals surface area contributed by atoms with Crippen molar-refractivity contribution in [2.75, 3.05) is 13.7 Å². The van der Waals surface area contributed by atoms with E-state index in [4.69, 9.17) is 9.72 Å². The minimum absolute atomic E-state index is 0.652. The molecule has 1 aliphatic rings. The van der Waals surface area contributed by atoms with Crippen molar-refractivity contribution in [3.05, 3.63) is 53.6 Å². The van der Waals surface area contributed by atoms with Crippen molar-refractivity contribution in [2.24, 2.45) is 0 Å². The number of para-hydroxylation sites is 1. The Labute approximate surface area is 132 Å². The summed E-state index contributed by atoms with van der Waals surface area (Å²) in [5.41, 5.74) is 3.23. The maximum absolute atomic E-state index is 5.41. The Kier molecular flexibility index (Phi) is 5.01.